The molecule has 1 amide bonds. The number of anilines is 1. The van der Waals surface area contributed by atoms with Gasteiger partial charge in [0.25, 0.3) is 5.91 Å². The molecule has 1 saturated carbocycles. The van der Waals surface area contributed by atoms with Crippen LogP contribution in [-0.2, 0) is 6.54 Å². The fourth-order valence-electron chi connectivity index (χ4n) is 4.94. The van der Waals surface area contributed by atoms with Crippen molar-refractivity contribution in [1.82, 2.24) is 9.88 Å². The number of thiophene rings is 1. The van der Waals surface area contributed by atoms with E-state index in [1.165, 1.54) is 17.4 Å². The molecule has 1 aliphatic rings. The Bertz CT molecular complexity index is 1400. The molecule has 2 aromatic carbocycles. The second-order valence-corrected chi connectivity index (χ2v) is 10.5. The molecule has 0 aliphatic heterocycles. The molecule has 8 heteroatoms. The molecule has 0 bridgehead atoms. The molecule has 2 aromatic heterocycles. The fourth-order valence-corrected chi connectivity index (χ4v) is 6.45. The summed E-state index contributed by atoms with van der Waals surface area (Å²) in [7, 11) is 1.63. The van der Waals surface area contributed by atoms with E-state index >= 15 is 0 Å². The number of methoxy groups -OCH3 is 1. The molecule has 186 valence electrons. The van der Waals surface area contributed by atoms with Gasteiger partial charge in [0.1, 0.15) is 22.3 Å². The number of rotatable bonds is 6. The Morgan fingerprint density at radius 3 is 2.64 bits per heavy atom. The van der Waals surface area contributed by atoms with Gasteiger partial charge in [-0.25, -0.2) is 9.37 Å². The van der Waals surface area contributed by atoms with Crippen LogP contribution in [0.4, 0.5) is 10.2 Å². The van der Waals surface area contributed by atoms with Crippen molar-refractivity contribution in [1.29, 1.82) is 0 Å². The van der Waals surface area contributed by atoms with E-state index < -0.39 is 5.82 Å². The van der Waals surface area contributed by atoms with Crippen LogP contribution in [0.2, 0.25) is 5.02 Å². The van der Waals surface area contributed by atoms with Crippen molar-refractivity contribution in [3.63, 3.8) is 0 Å². The largest absolute Gasteiger partial charge is 0.496 e. The van der Waals surface area contributed by atoms with Gasteiger partial charge in [-0.2, -0.15) is 0 Å². The molecule has 0 unspecified atom stereocenters. The first-order valence-corrected chi connectivity index (χ1v) is 13.2. The number of hydrogen-bond acceptors (Lipinski definition) is 5. The van der Waals surface area contributed by atoms with Crippen LogP contribution in [-0.4, -0.2) is 28.9 Å². The van der Waals surface area contributed by atoms with E-state index in [0.29, 0.717) is 33.1 Å². The highest BCUT2D eigenvalue weighted by atomic mass is 35.5. The molecule has 2 N–H and O–H groups in total. The van der Waals surface area contributed by atoms with Crippen LogP contribution in [0.3, 0.4) is 0 Å². The maximum absolute atomic E-state index is 14.5. The van der Waals surface area contributed by atoms with Gasteiger partial charge in [0.05, 0.1) is 12.1 Å². The Balaban J connectivity index is 1.55. The number of fused-ring (bicyclic) bond motifs is 1. The van der Waals surface area contributed by atoms with Gasteiger partial charge in [-0.15, -0.1) is 11.3 Å². The van der Waals surface area contributed by atoms with Crippen LogP contribution in [0.15, 0.2) is 54.7 Å². The van der Waals surface area contributed by atoms with Gasteiger partial charge in [-0.1, -0.05) is 43.0 Å². The van der Waals surface area contributed by atoms with E-state index in [9.17, 15) is 9.18 Å². The monoisotopic (exact) mass is 523 g/mol. The van der Waals surface area contributed by atoms with E-state index in [0.717, 1.165) is 48.8 Å². The third-order valence-electron chi connectivity index (χ3n) is 6.82. The van der Waals surface area contributed by atoms with Crippen molar-refractivity contribution in [2.75, 3.05) is 12.8 Å². The molecule has 0 atom stereocenters. The Kier molecular flexibility index (Phi) is 7.12. The minimum Gasteiger partial charge on any atom is -0.496 e. The molecule has 1 fully saturated rings. The maximum atomic E-state index is 14.5. The summed E-state index contributed by atoms with van der Waals surface area (Å²) in [5.41, 5.74) is 8.52. The Morgan fingerprint density at radius 1 is 1.17 bits per heavy atom. The summed E-state index contributed by atoms with van der Waals surface area (Å²) in [6.45, 7) is 0.357. The summed E-state index contributed by atoms with van der Waals surface area (Å²) in [5, 5.41) is 0.499. The number of pyridine rings is 1. The summed E-state index contributed by atoms with van der Waals surface area (Å²) in [6, 6.07) is 14.5. The number of aromatic nitrogens is 1. The van der Waals surface area contributed by atoms with Crippen LogP contribution in [0, 0.1) is 5.82 Å². The van der Waals surface area contributed by atoms with Crippen molar-refractivity contribution in [2.24, 2.45) is 0 Å². The van der Waals surface area contributed by atoms with E-state index in [-0.39, 0.29) is 17.0 Å². The molecule has 0 spiro atoms. The highest BCUT2D eigenvalue weighted by Crippen LogP contribution is 2.39. The second-order valence-electron chi connectivity index (χ2n) is 9.08. The minimum atomic E-state index is -0.413. The number of nitrogen functional groups attached to an aromatic ring is 1. The Labute approximate surface area is 218 Å². The minimum absolute atomic E-state index is 0.0731. The van der Waals surface area contributed by atoms with E-state index in [1.54, 1.807) is 31.5 Å². The van der Waals surface area contributed by atoms with Crippen molar-refractivity contribution in [3.05, 3.63) is 76.0 Å². The number of amides is 1. The third kappa shape index (κ3) is 4.77. The molecular weight excluding hydrogens is 497 g/mol. The number of hydrogen-bond donors (Lipinski definition) is 1. The molecule has 1 aliphatic carbocycles. The number of halogens is 2. The topological polar surface area (TPSA) is 68.5 Å². The van der Waals surface area contributed by atoms with Gasteiger partial charge in [-0.3, -0.25) is 4.79 Å². The summed E-state index contributed by atoms with van der Waals surface area (Å²) in [5.74, 6) is 0.569. The lowest BCUT2D eigenvalue weighted by Gasteiger charge is -2.34. The van der Waals surface area contributed by atoms with Crippen LogP contribution < -0.4 is 10.5 Å². The van der Waals surface area contributed by atoms with Crippen molar-refractivity contribution in [2.45, 2.75) is 44.7 Å². The smallest absolute Gasteiger partial charge is 0.266 e. The molecule has 5 nitrogen and oxygen atoms in total. The van der Waals surface area contributed by atoms with Crippen molar-refractivity contribution >= 4 is 44.7 Å². The normalized spacial score (nSPS) is 14.2. The zero-order valence-corrected chi connectivity index (χ0v) is 21.5. The average Bonchev–Trinajstić information content (AvgIpc) is 3.25. The molecule has 2 heterocycles. The quantitative estimate of drug-likeness (QED) is 0.287. The van der Waals surface area contributed by atoms with Gasteiger partial charge in [-0.05, 0) is 54.8 Å². The van der Waals surface area contributed by atoms with E-state index in [2.05, 4.69) is 4.98 Å². The molecule has 4 aromatic rings. The van der Waals surface area contributed by atoms with Gasteiger partial charge in [0.15, 0.2) is 0 Å². The summed E-state index contributed by atoms with van der Waals surface area (Å²) in [6.07, 6.45) is 6.88. The first-order valence-electron chi connectivity index (χ1n) is 12.0. The van der Waals surface area contributed by atoms with Crippen molar-refractivity contribution in [3.8, 4) is 16.9 Å². The molecule has 0 saturated heterocycles. The lowest BCUT2D eigenvalue weighted by Crippen LogP contribution is -2.40. The molecular formula is C28H27ClFN3O2S. The third-order valence-corrected chi connectivity index (χ3v) is 8.45. The summed E-state index contributed by atoms with van der Waals surface area (Å²) < 4.78 is 20.9. The van der Waals surface area contributed by atoms with E-state index in [1.807, 2.05) is 29.2 Å². The van der Waals surface area contributed by atoms with Crippen LogP contribution in [0.25, 0.3) is 21.2 Å². The molecule has 0 radical (unpaired) electrons. The predicted molar refractivity (Wildman–Crippen MR) is 144 cm³/mol. The van der Waals surface area contributed by atoms with Gasteiger partial charge < -0.3 is 15.4 Å². The maximum Gasteiger partial charge on any atom is 0.266 e. The summed E-state index contributed by atoms with van der Waals surface area (Å²) >= 11 is 7.85. The Morgan fingerprint density at radius 2 is 1.94 bits per heavy atom. The standard InChI is InChI=1S/C28H27ClFN3O2S/c1-35-22-12-10-17(18-11-13-24(31)32-15-18)14-19(22)16-33(20-6-3-2-4-7-20)28(34)27-26(29)25-21(30)8-5-9-23(25)36-27/h5,8-15,20H,2-4,6-7,16H2,1H3,(H2,31,32). The van der Waals surface area contributed by atoms with Gasteiger partial charge >= 0.3 is 0 Å². The second kappa shape index (κ2) is 10.4. The predicted octanol–water partition coefficient (Wildman–Crippen LogP) is 7.32. The van der Waals surface area contributed by atoms with Crippen LogP contribution in [0.5, 0.6) is 5.75 Å². The van der Waals surface area contributed by atoms with Gasteiger partial charge in [0, 0.05) is 40.0 Å². The fraction of sp³-hybridized carbons (Fsp3) is 0.286. The number of carbonyl (C=O) groups excluding carboxylic acids is 1. The number of nitrogens with zero attached hydrogens (tertiary/aromatic N) is 2. The number of nitrogens with two attached hydrogens (primary N) is 1. The lowest BCUT2D eigenvalue weighted by molar-refractivity contribution is 0.0618. The number of carbonyl (C=O) groups is 1. The highest BCUT2D eigenvalue weighted by Gasteiger charge is 2.31. The lowest BCUT2D eigenvalue weighted by atomic mass is 9.93. The first-order chi connectivity index (χ1) is 17.5. The number of benzene rings is 2. The molecule has 36 heavy (non-hydrogen) atoms. The van der Waals surface area contributed by atoms with Gasteiger partial charge in [0.2, 0.25) is 0 Å². The average molecular weight is 524 g/mol. The highest BCUT2D eigenvalue weighted by molar-refractivity contribution is 7.21. The zero-order chi connectivity index (χ0) is 25.2. The zero-order valence-electron chi connectivity index (χ0n) is 20.0. The number of ether oxygens (including phenoxy) is 1. The van der Waals surface area contributed by atoms with Crippen LogP contribution in [0.1, 0.15) is 47.3 Å². The SMILES string of the molecule is COc1ccc(-c2ccc(N)nc2)cc1CN(C(=O)c1sc2cccc(F)c2c1Cl)C1CCCCC1. The van der Waals surface area contributed by atoms with Crippen molar-refractivity contribution < 1.29 is 13.9 Å². The van der Waals surface area contributed by atoms with E-state index in [4.69, 9.17) is 22.1 Å². The Hall–Kier alpha value is -3.16. The summed E-state index contributed by atoms with van der Waals surface area (Å²) in [4.78, 5) is 20.5. The first kappa shape index (κ1) is 24.5. The van der Waals surface area contributed by atoms with Crippen LogP contribution >= 0.6 is 22.9 Å². The molecule has 5 rings (SSSR count).